The number of aromatic nitrogens is 2. The Labute approximate surface area is 169 Å². The van der Waals surface area contributed by atoms with E-state index in [0.29, 0.717) is 33.7 Å². The number of para-hydroxylation sites is 1. The molecule has 0 saturated heterocycles. The van der Waals surface area contributed by atoms with Gasteiger partial charge >= 0.3 is 0 Å². The number of H-pyrrole nitrogens is 1. The van der Waals surface area contributed by atoms with Crippen molar-refractivity contribution >= 4 is 28.8 Å². The molecule has 2 aromatic carbocycles. The van der Waals surface area contributed by atoms with Crippen molar-refractivity contribution in [3.05, 3.63) is 57.6 Å². The fourth-order valence-electron chi connectivity index (χ4n) is 3.31. The number of methoxy groups -OCH3 is 2. The van der Waals surface area contributed by atoms with Crippen LogP contribution in [0.2, 0.25) is 0 Å². The molecule has 0 spiro atoms. The molecule has 148 valence electrons. The summed E-state index contributed by atoms with van der Waals surface area (Å²) in [6, 6.07) is 13.7. The summed E-state index contributed by atoms with van der Waals surface area (Å²) in [6.07, 6.45) is 0.804. The van der Waals surface area contributed by atoms with Gasteiger partial charge in [0.05, 0.1) is 25.1 Å². The zero-order valence-electron chi connectivity index (χ0n) is 16.4. The van der Waals surface area contributed by atoms with Crippen molar-refractivity contribution < 1.29 is 9.47 Å². The minimum atomic E-state index is -0.123. The Morgan fingerprint density at radius 1 is 1.11 bits per heavy atom. The van der Waals surface area contributed by atoms with Gasteiger partial charge in [0.1, 0.15) is 0 Å². The highest BCUT2D eigenvalue weighted by Crippen LogP contribution is 2.29. The number of nitrogens with one attached hydrogen (secondary N) is 1. The summed E-state index contributed by atoms with van der Waals surface area (Å²) in [4.78, 5) is 18.4. The van der Waals surface area contributed by atoms with Gasteiger partial charge in [-0.2, -0.15) is 0 Å². The van der Waals surface area contributed by atoms with Gasteiger partial charge in [-0.25, -0.2) is 0 Å². The Kier molecular flexibility index (Phi) is 6.36. The molecule has 0 aliphatic heterocycles. The molecule has 1 heterocycles. The SMILES string of the molecule is CCN(CCCn1c(=S)[nH]c2cc(OC)c(OC)cc2c1=O)c1ccccc1. The van der Waals surface area contributed by atoms with Crippen LogP contribution in [0.4, 0.5) is 5.69 Å². The van der Waals surface area contributed by atoms with Crippen LogP contribution in [0.3, 0.4) is 0 Å². The third-order valence-electron chi connectivity index (χ3n) is 4.80. The van der Waals surface area contributed by atoms with Crippen molar-refractivity contribution in [2.45, 2.75) is 19.9 Å². The number of anilines is 1. The lowest BCUT2D eigenvalue weighted by Gasteiger charge is -2.23. The van der Waals surface area contributed by atoms with Crippen LogP contribution in [0.1, 0.15) is 13.3 Å². The standard InChI is InChI=1S/C21H25N3O3S/c1-4-23(15-9-6-5-7-10-15)11-8-12-24-20(25)16-13-18(26-2)19(27-3)14-17(16)22-21(24)28/h5-7,9-10,13-14H,4,8,11-12H2,1-3H3,(H,22,28). The molecule has 0 unspecified atom stereocenters. The summed E-state index contributed by atoms with van der Waals surface area (Å²) in [5, 5.41) is 0.529. The third kappa shape index (κ3) is 4.04. The molecule has 0 aliphatic carbocycles. The van der Waals surface area contributed by atoms with Crippen LogP contribution >= 0.6 is 12.2 Å². The summed E-state index contributed by atoms with van der Waals surface area (Å²) < 4.78 is 12.7. The van der Waals surface area contributed by atoms with Gasteiger partial charge in [-0.1, -0.05) is 18.2 Å². The van der Waals surface area contributed by atoms with Gasteiger partial charge in [0.2, 0.25) is 0 Å². The molecule has 0 atom stereocenters. The number of ether oxygens (including phenoxy) is 2. The topological polar surface area (TPSA) is 59.5 Å². The van der Waals surface area contributed by atoms with Gasteiger partial charge < -0.3 is 19.4 Å². The van der Waals surface area contributed by atoms with Crippen molar-refractivity contribution in [2.24, 2.45) is 0 Å². The minimum absolute atomic E-state index is 0.123. The highest BCUT2D eigenvalue weighted by atomic mass is 32.1. The maximum atomic E-state index is 13.0. The molecular formula is C21H25N3O3S. The molecule has 0 fully saturated rings. The second kappa shape index (κ2) is 8.93. The quantitative estimate of drug-likeness (QED) is 0.581. The number of aromatic amines is 1. The number of nitrogens with zero attached hydrogens (tertiary/aromatic N) is 2. The fraction of sp³-hybridized carbons (Fsp3) is 0.333. The molecule has 0 radical (unpaired) electrons. The zero-order valence-corrected chi connectivity index (χ0v) is 17.2. The summed E-state index contributed by atoms with van der Waals surface area (Å²) in [5.41, 5.74) is 1.70. The molecule has 0 saturated carbocycles. The van der Waals surface area contributed by atoms with Gasteiger partial charge in [-0.3, -0.25) is 9.36 Å². The first-order valence-corrected chi connectivity index (χ1v) is 9.68. The van der Waals surface area contributed by atoms with E-state index in [2.05, 4.69) is 28.9 Å². The first-order chi connectivity index (χ1) is 13.6. The molecule has 28 heavy (non-hydrogen) atoms. The number of rotatable bonds is 8. The van der Waals surface area contributed by atoms with Gasteiger partial charge in [0.15, 0.2) is 16.3 Å². The summed E-state index contributed by atoms with van der Waals surface area (Å²) in [5.74, 6) is 1.07. The largest absolute Gasteiger partial charge is 0.493 e. The van der Waals surface area contributed by atoms with E-state index in [1.807, 2.05) is 18.2 Å². The van der Waals surface area contributed by atoms with Crippen molar-refractivity contribution in [1.82, 2.24) is 9.55 Å². The van der Waals surface area contributed by atoms with Crippen molar-refractivity contribution in [1.29, 1.82) is 0 Å². The molecule has 0 aliphatic rings. The van der Waals surface area contributed by atoms with Crippen molar-refractivity contribution in [2.75, 3.05) is 32.2 Å². The van der Waals surface area contributed by atoms with Crippen LogP contribution in [-0.2, 0) is 6.54 Å². The van der Waals surface area contributed by atoms with Crippen molar-refractivity contribution in [3.63, 3.8) is 0 Å². The van der Waals surface area contributed by atoms with E-state index in [9.17, 15) is 4.79 Å². The second-order valence-electron chi connectivity index (χ2n) is 6.41. The molecule has 3 rings (SSSR count). The fourth-order valence-corrected chi connectivity index (χ4v) is 3.60. The number of hydrogen-bond donors (Lipinski definition) is 1. The predicted molar refractivity (Wildman–Crippen MR) is 115 cm³/mol. The van der Waals surface area contributed by atoms with E-state index in [-0.39, 0.29) is 5.56 Å². The van der Waals surface area contributed by atoms with E-state index < -0.39 is 0 Å². The molecule has 1 N–H and O–H groups in total. The average molecular weight is 400 g/mol. The van der Waals surface area contributed by atoms with E-state index >= 15 is 0 Å². The smallest absolute Gasteiger partial charge is 0.262 e. The lowest BCUT2D eigenvalue weighted by Crippen LogP contribution is -2.27. The van der Waals surface area contributed by atoms with Crippen LogP contribution in [0, 0.1) is 4.77 Å². The number of hydrogen-bond acceptors (Lipinski definition) is 5. The maximum absolute atomic E-state index is 13.0. The normalized spacial score (nSPS) is 10.8. The zero-order chi connectivity index (χ0) is 20.1. The molecule has 7 heteroatoms. The van der Waals surface area contributed by atoms with Crippen LogP contribution in [0.15, 0.2) is 47.3 Å². The number of benzene rings is 2. The highest BCUT2D eigenvalue weighted by Gasteiger charge is 2.12. The number of fused-ring (bicyclic) bond motifs is 1. The maximum Gasteiger partial charge on any atom is 0.262 e. The van der Waals surface area contributed by atoms with Gasteiger partial charge in [0, 0.05) is 31.4 Å². The Bertz CT molecular complexity index is 1060. The van der Waals surface area contributed by atoms with Crippen molar-refractivity contribution in [3.8, 4) is 11.5 Å². The van der Waals surface area contributed by atoms with Gasteiger partial charge in [-0.05, 0) is 43.8 Å². The Morgan fingerprint density at radius 3 is 2.43 bits per heavy atom. The summed E-state index contributed by atoms with van der Waals surface area (Å²) >= 11 is 5.43. The predicted octanol–water partition coefficient (Wildman–Crippen LogP) is 3.99. The first-order valence-electron chi connectivity index (χ1n) is 9.27. The average Bonchev–Trinajstić information content (AvgIpc) is 2.73. The van der Waals surface area contributed by atoms with Crippen LogP contribution in [0.25, 0.3) is 10.9 Å². The van der Waals surface area contributed by atoms with E-state index in [0.717, 1.165) is 19.5 Å². The van der Waals surface area contributed by atoms with Gasteiger partial charge in [0.25, 0.3) is 5.56 Å². The Morgan fingerprint density at radius 2 is 1.79 bits per heavy atom. The molecular weight excluding hydrogens is 374 g/mol. The molecule has 3 aromatic rings. The summed E-state index contributed by atoms with van der Waals surface area (Å²) in [6.45, 7) is 4.41. The monoisotopic (exact) mass is 399 g/mol. The second-order valence-corrected chi connectivity index (χ2v) is 6.80. The van der Waals surface area contributed by atoms with Crippen LogP contribution in [0.5, 0.6) is 11.5 Å². The summed E-state index contributed by atoms with van der Waals surface area (Å²) in [7, 11) is 3.11. The lowest BCUT2D eigenvalue weighted by molar-refractivity contribution is 0.355. The van der Waals surface area contributed by atoms with E-state index in [1.54, 1.807) is 30.9 Å². The van der Waals surface area contributed by atoms with Gasteiger partial charge in [-0.15, -0.1) is 0 Å². The van der Waals surface area contributed by atoms with E-state index in [4.69, 9.17) is 21.7 Å². The Hall–Kier alpha value is -2.80. The molecule has 0 bridgehead atoms. The Balaban J connectivity index is 1.85. The first kappa shape index (κ1) is 19.9. The molecule has 0 amide bonds. The molecule has 6 nitrogen and oxygen atoms in total. The lowest BCUT2D eigenvalue weighted by atomic mass is 10.2. The van der Waals surface area contributed by atoms with Crippen LogP contribution < -0.4 is 19.9 Å². The molecule has 1 aromatic heterocycles. The minimum Gasteiger partial charge on any atom is -0.493 e. The third-order valence-corrected chi connectivity index (χ3v) is 5.12. The highest BCUT2D eigenvalue weighted by molar-refractivity contribution is 7.71. The van der Waals surface area contributed by atoms with Crippen LogP contribution in [-0.4, -0.2) is 36.9 Å². The van der Waals surface area contributed by atoms with E-state index in [1.165, 1.54) is 5.69 Å².